The summed E-state index contributed by atoms with van der Waals surface area (Å²) in [6.45, 7) is 3.39. The molecule has 0 saturated heterocycles. The van der Waals surface area contributed by atoms with Crippen LogP contribution in [-0.2, 0) is 9.59 Å². The molecule has 3 aromatic rings. The van der Waals surface area contributed by atoms with E-state index < -0.39 is 5.92 Å². The van der Waals surface area contributed by atoms with Crippen LogP contribution in [0.5, 0.6) is 0 Å². The number of halogens is 2. The molecule has 1 aromatic heterocycles. The van der Waals surface area contributed by atoms with Crippen molar-refractivity contribution in [1.29, 1.82) is 0 Å². The van der Waals surface area contributed by atoms with E-state index in [-0.39, 0.29) is 17.9 Å². The number of rotatable bonds is 4. The first-order valence-corrected chi connectivity index (χ1v) is 9.81. The van der Waals surface area contributed by atoms with Crippen LogP contribution < -0.4 is 10.6 Å². The molecular weight excluding hydrogens is 411 g/mol. The Bertz CT molecular complexity index is 1110. The summed E-state index contributed by atoms with van der Waals surface area (Å²) in [4.78, 5) is 24.7. The summed E-state index contributed by atoms with van der Waals surface area (Å²) >= 11 is 12.2. The van der Waals surface area contributed by atoms with E-state index in [9.17, 15) is 9.59 Å². The van der Waals surface area contributed by atoms with Gasteiger partial charge in [0.1, 0.15) is 5.82 Å². The first-order chi connectivity index (χ1) is 13.8. The van der Waals surface area contributed by atoms with Crippen molar-refractivity contribution in [1.82, 2.24) is 9.78 Å². The molecule has 148 valence electrons. The molecule has 2 N–H and O–H groups in total. The number of anilines is 2. The summed E-state index contributed by atoms with van der Waals surface area (Å²) in [6.07, 6.45) is 1.62. The molecule has 0 spiro atoms. The molecule has 8 heteroatoms. The summed E-state index contributed by atoms with van der Waals surface area (Å²) in [5, 5.41) is 11.4. The number of hydrogen-bond donors (Lipinski definition) is 2. The third-order valence-corrected chi connectivity index (χ3v) is 5.48. The van der Waals surface area contributed by atoms with Crippen molar-refractivity contribution in [3.05, 3.63) is 75.4 Å². The average molecular weight is 429 g/mol. The molecule has 2 heterocycles. The van der Waals surface area contributed by atoms with Crippen molar-refractivity contribution in [2.75, 3.05) is 10.6 Å². The number of nitrogens with zero attached hydrogens (tertiary/aromatic N) is 2. The Hall–Kier alpha value is -2.83. The van der Waals surface area contributed by atoms with Gasteiger partial charge in [-0.05, 0) is 48.4 Å². The van der Waals surface area contributed by atoms with Crippen LogP contribution in [0, 0.1) is 0 Å². The summed E-state index contributed by atoms with van der Waals surface area (Å²) in [6, 6.07) is 12.5. The van der Waals surface area contributed by atoms with Gasteiger partial charge in [0, 0.05) is 28.2 Å². The van der Waals surface area contributed by atoms with E-state index in [1.807, 2.05) is 19.1 Å². The summed E-state index contributed by atoms with van der Waals surface area (Å²) in [7, 11) is 0. The molecule has 2 aromatic carbocycles. The maximum Gasteiger partial charge on any atom is 0.236 e. The van der Waals surface area contributed by atoms with Gasteiger partial charge in [0.2, 0.25) is 11.8 Å². The number of aromatic nitrogens is 2. The topological polar surface area (TPSA) is 76.0 Å². The lowest BCUT2D eigenvalue weighted by molar-refractivity contribution is -0.116. The van der Waals surface area contributed by atoms with Gasteiger partial charge in [-0.15, -0.1) is 0 Å². The fourth-order valence-electron chi connectivity index (χ4n) is 3.60. The molecule has 2 unspecified atom stereocenters. The molecule has 4 rings (SSSR count). The van der Waals surface area contributed by atoms with Gasteiger partial charge in [0.15, 0.2) is 0 Å². The van der Waals surface area contributed by atoms with Gasteiger partial charge < -0.3 is 10.6 Å². The number of fused-ring (bicyclic) bond motifs is 1. The van der Waals surface area contributed by atoms with Gasteiger partial charge in [0.05, 0.1) is 18.2 Å². The minimum atomic E-state index is -0.614. The minimum Gasteiger partial charge on any atom is -0.325 e. The van der Waals surface area contributed by atoms with Crippen molar-refractivity contribution in [2.45, 2.75) is 25.8 Å². The van der Waals surface area contributed by atoms with Gasteiger partial charge >= 0.3 is 0 Å². The zero-order valence-electron chi connectivity index (χ0n) is 15.7. The van der Waals surface area contributed by atoms with Crippen LogP contribution in [0.3, 0.4) is 0 Å². The monoisotopic (exact) mass is 428 g/mol. The molecule has 2 atom stereocenters. The zero-order valence-corrected chi connectivity index (χ0v) is 17.3. The highest BCUT2D eigenvalue weighted by molar-refractivity contribution is 6.31. The lowest BCUT2D eigenvalue weighted by atomic mass is 9.94. The fraction of sp³-hybridized carbons (Fsp3) is 0.190. The molecule has 0 aliphatic carbocycles. The van der Waals surface area contributed by atoms with E-state index in [0.717, 1.165) is 11.1 Å². The molecule has 1 aliphatic rings. The Kier molecular flexibility index (Phi) is 5.06. The van der Waals surface area contributed by atoms with Gasteiger partial charge in [-0.1, -0.05) is 35.3 Å². The van der Waals surface area contributed by atoms with E-state index in [1.54, 1.807) is 41.2 Å². The first-order valence-electron chi connectivity index (χ1n) is 9.06. The van der Waals surface area contributed by atoms with E-state index in [0.29, 0.717) is 27.1 Å². The molecular formula is C21H18Cl2N4O2. The fourth-order valence-corrected chi connectivity index (χ4v) is 3.91. The SMILES string of the molecule is CC(=O)Nc1c(C2C(=O)Nc3ccc(Cl)cc32)cnn1C(C)c1ccc(Cl)cc1. The predicted molar refractivity (Wildman–Crippen MR) is 114 cm³/mol. The summed E-state index contributed by atoms with van der Waals surface area (Å²) in [5.41, 5.74) is 3.04. The maximum absolute atomic E-state index is 12.7. The normalized spacial score (nSPS) is 16.3. The maximum atomic E-state index is 12.7. The van der Waals surface area contributed by atoms with Crippen LogP contribution in [-0.4, -0.2) is 21.6 Å². The third-order valence-electron chi connectivity index (χ3n) is 4.99. The van der Waals surface area contributed by atoms with Gasteiger partial charge in [-0.3, -0.25) is 9.59 Å². The minimum absolute atomic E-state index is 0.187. The van der Waals surface area contributed by atoms with E-state index in [1.165, 1.54) is 6.92 Å². The molecule has 1 aliphatic heterocycles. The number of carbonyl (C=O) groups excluding carboxylic acids is 2. The second-order valence-corrected chi connectivity index (χ2v) is 7.83. The smallest absolute Gasteiger partial charge is 0.236 e. The second-order valence-electron chi connectivity index (χ2n) is 6.96. The summed E-state index contributed by atoms with van der Waals surface area (Å²) in [5.74, 6) is -0.571. The largest absolute Gasteiger partial charge is 0.325 e. The Morgan fingerprint density at radius 3 is 2.52 bits per heavy atom. The van der Waals surface area contributed by atoms with Crippen LogP contribution in [0.25, 0.3) is 0 Å². The number of nitrogens with one attached hydrogen (secondary N) is 2. The molecule has 0 bridgehead atoms. The van der Waals surface area contributed by atoms with E-state index >= 15 is 0 Å². The van der Waals surface area contributed by atoms with Crippen molar-refractivity contribution in [3.63, 3.8) is 0 Å². The number of hydrogen-bond acceptors (Lipinski definition) is 3. The summed E-state index contributed by atoms with van der Waals surface area (Å²) < 4.78 is 1.70. The highest BCUT2D eigenvalue weighted by Gasteiger charge is 2.36. The Morgan fingerprint density at radius 2 is 1.83 bits per heavy atom. The average Bonchev–Trinajstić information content (AvgIpc) is 3.20. The molecule has 0 radical (unpaired) electrons. The predicted octanol–water partition coefficient (Wildman–Crippen LogP) is 4.84. The number of benzene rings is 2. The van der Waals surface area contributed by atoms with Gasteiger partial charge in [-0.25, -0.2) is 4.68 Å². The van der Waals surface area contributed by atoms with E-state index in [4.69, 9.17) is 23.2 Å². The zero-order chi connectivity index (χ0) is 20.7. The lowest BCUT2D eigenvalue weighted by Crippen LogP contribution is -2.19. The second kappa shape index (κ2) is 7.54. The lowest BCUT2D eigenvalue weighted by Gasteiger charge is -2.18. The Morgan fingerprint density at radius 1 is 1.14 bits per heavy atom. The number of carbonyl (C=O) groups is 2. The quantitative estimate of drug-likeness (QED) is 0.623. The van der Waals surface area contributed by atoms with Crippen LogP contribution in [0.15, 0.2) is 48.7 Å². The van der Waals surface area contributed by atoms with Crippen molar-refractivity contribution in [2.24, 2.45) is 0 Å². The van der Waals surface area contributed by atoms with E-state index in [2.05, 4.69) is 15.7 Å². The van der Waals surface area contributed by atoms with Crippen molar-refractivity contribution >= 4 is 46.5 Å². The standard InChI is InChI=1S/C21H18Cl2N4O2/c1-11(13-3-5-14(22)6-4-13)27-20(25-12(2)28)17(10-24-27)19-16-9-15(23)7-8-18(16)26-21(19)29/h3-11,19H,1-2H3,(H,25,28)(H,26,29). The van der Waals surface area contributed by atoms with Crippen LogP contribution >= 0.6 is 23.2 Å². The van der Waals surface area contributed by atoms with Gasteiger partial charge in [0.25, 0.3) is 0 Å². The highest BCUT2D eigenvalue weighted by Crippen LogP contribution is 2.42. The Labute approximate surface area is 177 Å². The molecule has 0 fully saturated rings. The van der Waals surface area contributed by atoms with Gasteiger partial charge in [-0.2, -0.15) is 5.10 Å². The Balaban J connectivity index is 1.81. The number of amides is 2. The van der Waals surface area contributed by atoms with Crippen molar-refractivity contribution < 1.29 is 9.59 Å². The highest BCUT2D eigenvalue weighted by atomic mass is 35.5. The molecule has 0 saturated carbocycles. The molecule has 2 amide bonds. The van der Waals surface area contributed by atoms with Crippen LogP contribution in [0.1, 0.15) is 42.5 Å². The molecule has 29 heavy (non-hydrogen) atoms. The van der Waals surface area contributed by atoms with Crippen molar-refractivity contribution in [3.8, 4) is 0 Å². The molecule has 6 nitrogen and oxygen atoms in total. The third kappa shape index (κ3) is 3.61. The first kappa shape index (κ1) is 19.5. The van der Waals surface area contributed by atoms with Crippen LogP contribution in [0.2, 0.25) is 10.0 Å². The van der Waals surface area contributed by atoms with Crippen LogP contribution in [0.4, 0.5) is 11.5 Å².